The highest BCUT2D eigenvalue weighted by atomic mass is 16.6. The van der Waals surface area contributed by atoms with Gasteiger partial charge in [-0.05, 0) is 17.4 Å². The largest absolute Gasteiger partial charge is 0.468 e. The molecular weight excluding hydrogens is 368 g/mol. The summed E-state index contributed by atoms with van der Waals surface area (Å²) in [6.45, 7) is 4.97. The molecule has 1 aromatic carbocycles. The third kappa shape index (κ3) is 6.95. The van der Waals surface area contributed by atoms with Gasteiger partial charge in [-0.25, -0.2) is 0 Å². The molecule has 10 heteroatoms. The van der Waals surface area contributed by atoms with Crippen molar-refractivity contribution in [3.63, 3.8) is 0 Å². The van der Waals surface area contributed by atoms with Gasteiger partial charge in [0, 0.05) is 12.1 Å². The molecule has 0 aliphatic heterocycles. The second kappa shape index (κ2) is 9.79. The van der Waals surface area contributed by atoms with E-state index in [1.807, 2.05) is 0 Å². The number of nitrogens with zero attached hydrogens (tertiary/aromatic N) is 1. The molecule has 2 atom stereocenters. The van der Waals surface area contributed by atoms with Crippen LogP contribution >= 0.6 is 0 Å². The number of non-ortho nitro benzene ring substituents is 1. The van der Waals surface area contributed by atoms with Crippen LogP contribution in [0.3, 0.4) is 0 Å². The maximum absolute atomic E-state index is 12.5. The highest BCUT2D eigenvalue weighted by Gasteiger charge is 2.34. The highest BCUT2D eigenvalue weighted by molar-refractivity contribution is 5.91. The van der Waals surface area contributed by atoms with E-state index in [-0.39, 0.29) is 18.7 Å². The molecule has 0 bridgehead atoms. The Morgan fingerprint density at radius 1 is 1.18 bits per heavy atom. The predicted molar refractivity (Wildman–Crippen MR) is 101 cm³/mol. The number of methoxy groups -OCH3 is 1. The van der Waals surface area contributed by atoms with Crippen LogP contribution in [0.2, 0.25) is 0 Å². The van der Waals surface area contributed by atoms with Gasteiger partial charge in [0.25, 0.3) is 5.69 Å². The first-order valence-corrected chi connectivity index (χ1v) is 8.59. The van der Waals surface area contributed by atoms with Crippen molar-refractivity contribution < 1.29 is 24.0 Å². The lowest BCUT2D eigenvalue weighted by Crippen LogP contribution is -2.57. The quantitative estimate of drug-likeness (QED) is 0.325. The topological polar surface area (TPSA) is 154 Å². The summed E-state index contributed by atoms with van der Waals surface area (Å²) in [4.78, 5) is 46.2. The molecule has 10 nitrogen and oxygen atoms in total. The minimum atomic E-state index is -0.959. The van der Waals surface area contributed by atoms with E-state index in [1.54, 1.807) is 20.8 Å². The van der Waals surface area contributed by atoms with E-state index < -0.39 is 40.2 Å². The molecule has 4 N–H and O–H groups in total. The zero-order chi connectivity index (χ0) is 21.5. The maximum atomic E-state index is 12.5. The number of esters is 1. The Balaban J connectivity index is 2.76. The van der Waals surface area contributed by atoms with Crippen molar-refractivity contribution in [3.8, 4) is 0 Å². The standard InChI is InChI=1S/C18H26N4O6/c1-18(2,3)15(17(25)20-10-14(23)28-4)21-16(24)13(19)9-11-5-7-12(8-6-11)22(26)27/h5-8,13,15H,9-10,19H2,1-4H3,(H,20,25)(H,21,24)/t13-,15+/m0/s1. The Labute approximate surface area is 163 Å². The average Bonchev–Trinajstić information content (AvgIpc) is 2.62. The minimum absolute atomic E-state index is 0.0585. The van der Waals surface area contributed by atoms with Crippen LogP contribution in [0.1, 0.15) is 26.3 Å². The van der Waals surface area contributed by atoms with Crippen LogP contribution in [0, 0.1) is 15.5 Å². The molecule has 0 saturated heterocycles. The number of hydrogen-bond acceptors (Lipinski definition) is 7. The number of nitrogens with two attached hydrogens (primary N) is 1. The number of nitro groups is 1. The lowest BCUT2D eigenvalue weighted by Gasteiger charge is -2.31. The molecule has 1 rings (SSSR count). The first-order valence-electron chi connectivity index (χ1n) is 8.59. The van der Waals surface area contributed by atoms with Crippen molar-refractivity contribution >= 4 is 23.5 Å². The smallest absolute Gasteiger partial charge is 0.325 e. The fraction of sp³-hybridized carbons (Fsp3) is 0.500. The van der Waals surface area contributed by atoms with E-state index in [9.17, 15) is 24.5 Å². The van der Waals surface area contributed by atoms with E-state index in [0.717, 1.165) is 0 Å². The molecule has 0 aliphatic rings. The number of carbonyl (C=O) groups excluding carboxylic acids is 3. The number of amides is 2. The average molecular weight is 394 g/mol. The summed E-state index contributed by atoms with van der Waals surface area (Å²) < 4.78 is 4.47. The highest BCUT2D eigenvalue weighted by Crippen LogP contribution is 2.20. The van der Waals surface area contributed by atoms with Gasteiger partial charge in [-0.15, -0.1) is 0 Å². The first-order chi connectivity index (χ1) is 13.0. The van der Waals surface area contributed by atoms with Crippen LogP contribution < -0.4 is 16.4 Å². The third-order valence-electron chi connectivity index (χ3n) is 3.99. The van der Waals surface area contributed by atoms with Crippen LogP contribution in [0.5, 0.6) is 0 Å². The molecule has 0 saturated carbocycles. The Bertz CT molecular complexity index is 727. The second-order valence-corrected chi connectivity index (χ2v) is 7.34. The van der Waals surface area contributed by atoms with Crippen LogP contribution in [0.4, 0.5) is 5.69 Å². The van der Waals surface area contributed by atoms with Crippen molar-refractivity contribution in [1.82, 2.24) is 10.6 Å². The number of benzene rings is 1. The number of nitrogens with one attached hydrogen (secondary N) is 2. The predicted octanol–water partition coefficient (Wildman–Crippen LogP) is 0.285. The van der Waals surface area contributed by atoms with Crippen LogP contribution in [-0.4, -0.2) is 48.4 Å². The lowest BCUT2D eigenvalue weighted by molar-refractivity contribution is -0.384. The van der Waals surface area contributed by atoms with Crippen molar-refractivity contribution in [2.75, 3.05) is 13.7 Å². The van der Waals surface area contributed by atoms with Gasteiger partial charge >= 0.3 is 5.97 Å². The van der Waals surface area contributed by atoms with E-state index in [0.29, 0.717) is 5.56 Å². The summed E-state index contributed by atoms with van der Waals surface area (Å²) in [6.07, 6.45) is 0.143. The van der Waals surface area contributed by atoms with Gasteiger partial charge in [0.1, 0.15) is 12.6 Å². The molecule has 28 heavy (non-hydrogen) atoms. The summed E-state index contributed by atoms with van der Waals surface area (Å²) >= 11 is 0. The number of ether oxygens (including phenoxy) is 1. The summed E-state index contributed by atoms with van der Waals surface area (Å²) in [7, 11) is 1.20. The fourth-order valence-electron chi connectivity index (χ4n) is 2.36. The Morgan fingerprint density at radius 3 is 2.21 bits per heavy atom. The summed E-state index contributed by atoms with van der Waals surface area (Å²) in [5.41, 5.74) is 5.89. The first kappa shape index (κ1) is 23.0. The maximum Gasteiger partial charge on any atom is 0.325 e. The normalized spacial score (nSPS) is 13.2. The van der Waals surface area contributed by atoms with Crippen molar-refractivity contribution in [2.24, 2.45) is 11.1 Å². The van der Waals surface area contributed by atoms with Gasteiger partial charge in [-0.3, -0.25) is 24.5 Å². The molecule has 0 unspecified atom stereocenters. The summed E-state index contributed by atoms with van der Waals surface area (Å²) in [5, 5.41) is 15.7. The van der Waals surface area contributed by atoms with Crippen molar-refractivity contribution in [3.05, 3.63) is 39.9 Å². The van der Waals surface area contributed by atoms with E-state index >= 15 is 0 Å². The lowest BCUT2D eigenvalue weighted by atomic mass is 9.85. The Morgan fingerprint density at radius 2 is 1.75 bits per heavy atom. The number of nitro benzene ring substituents is 1. The van der Waals surface area contributed by atoms with Gasteiger partial charge in [0.15, 0.2) is 0 Å². The second-order valence-electron chi connectivity index (χ2n) is 7.34. The molecule has 0 heterocycles. The molecule has 0 aromatic heterocycles. The van der Waals surface area contributed by atoms with Crippen molar-refractivity contribution in [2.45, 2.75) is 39.3 Å². The molecule has 1 aromatic rings. The Hall–Kier alpha value is -3.01. The molecule has 0 aliphatic carbocycles. The molecule has 2 amide bonds. The molecule has 0 spiro atoms. The van der Waals surface area contributed by atoms with Crippen LogP contribution in [-0.2, 0) is 25.5 Å². The van der Waals surface area contributed by atoms with Gasteiger partial charge < -0.3 is 21.1 Å². The SMILES string of the molecule is COC(=O)CNC(=O)[C@@H](NC(=O)[C@@H](N)Cc1ccc([N+](=O)[O-])cc1)C(C)(C)C. The number of rotatable bonds is 8. The fourth-order valence-corrected chi connectivity index (χ4v) is 2.36. The van der Waals surface area contributed by atoms with E-state index in [4.69, 9.17) is 5.73 Å². The molecule has 0 fully saturated rings. The van der Waals surface area contributed by atoms with Crippen LogP contribution in [0.15, 0.2) is 24.3 Å². The Kier molecular flexibility index (Phi) is 8.05. The molecule has 0 radical (unpaired) electrons. The van der Waals surface area contributed by atoms with Crippen LogP contribution in [0.25, 0.3) is 0 Å². The van der Waals surface area contributed by atoms with Crippen molar-refractivity contribution in [1.29, 1.82) is 0 Å². The zero-order valence-electron chi connectivity index (χ0n) is 16.4. The van der Waals surface area contributed by atoms with Gasteiger partial charge in [0.05, 0.1) is 18.1 Å². The van der Waals surface area contributed by atoms with E-state index in [1.165, 1.54) is 31.4 Å². The van der Waals surface area contributed by atoms with E-state index in [2.05, 4.69) is 15.4 Å². The zero-order valence-corrected chi connectivity index (χ0v) is 16.4. The summed E-state index contributed by atoms with van der Waals surface area (Å²) in [6, 6.07) is 3.83. The van der Waals surface area contributed by atoms with Gasteiger partial charge in [-0.1, -0.05) is 32.9 Å². The number of hydrogen-bond donors (Lipinski definition) is 3. The molecular formula is C18H26N4O6. The molecule has 154 valence electrons. The third-order valence-corrected chi connectivity index (χ3v) is 3.99. The minimum Gasteiger partial charge on any atom is -0.468 e. The number of carbonyl (C=O) groups is 3. The monoisotopic (exact) mass is 394 g/mol. The van der Waals surface area contributed by atoms with Gasteiger partial charge in [0.2, 0.25) is 11.8 Å². The summed E-state index contributed by atoms with van der Waals surface area (Å²) in [5.74, 6) is -1.69. The van der Waals surface area contributed by atoms with Gasteiger partial charge in [-0.2, -0.15) is 0 Å².